The molecule has 0 aromatic carbocycles. The van der Waals surface area contributed by atoms with E-state index in [9.17, 15) is 0 Å². The van der Waals surface area contributed by atoms with Crippen LogP contribution in [-0.4, -0.2) is 23.2 Å². The van der Waals surface area contributed by atoms with Gasteiger partial charge in [-0.15, -0.1) is 0 Å². The minimum absolute atomic E-state index is 0.373. The molecule has 2 aromatic rings. The third-order valence-electron chi connectivity index (χ3n) is 2.57. The Hall–Kier alpha value is -1.62. The summed E-state index contributed by atoms with van der Waals surface area (Å²) in [6, 6.07) is 2.18. The molecule has 5 nitrogen and oxygen atoms in total. The van der Waals surface area contributed by atoms with E-state index >= 15 is 0 Å². The first-order chi connectivity index (χ1) is 7.83. The van der Waals surface area contributed by atoms with Crippen molar-refractivity contribution >= 4 is 0 Å². The van der Waals surface area contributed by atoms with Crippen LogP contribution in [0.3, 0.4) is 0 Å². The maximum absolute atomic E-state index is 5.18. The van der Waals surface area contributed by atoms with Gasteiger partial charge in [-0.3, -0.25) is 0 Å². The Morgan fingerprint density at radius 2 is 2.38 bits per heavy atom. The summed E-state index contributed by atoms with van der Waals surface area (Å²) in [6.45, 7) is 2.12. The predicted octanol–water partition coefficient (Wildman–Crippen LogP) is 1.87. The van der Waals surface area contributed by atoms with E-state index in [2.05, 4.69) is 22.4 Å². The molecule has 0 aliphatic rings. The summed E-state index contributed by atoms with van der Waals surface area (Å²) in [4.78, 5) is 4.31. The van der Waals surface area contributed by atoms with E-state index in [0.29, 0.717) is 17.8 Å². The SMILES string of the molecule is CCC(Cc1nc(-c2ccoc2)no1)NC. The highest BCUT2D eigenvalue weighted by Gasteiger charge is 2.13. The van der Waals surface area contributed by atoms with Gasteiger partial charge in [0.15, 0.2) is 0 Å². The van der Waals surface area contributed by atoms with Crippen molar-refractivity contribution in [2.24, 2.45) is 0 Å². The molecule has 86 valence electrons. The molecule has 0 fully saturated rings. The molecule has 2 aromatic heterocycles. The zero-order chi connectivity index (χ0) is 11.4. The van der Waals surface area contributed by atoms with Crippen molar-refractivity contribution in [1.29, 1.82) is 0 Å². The molecule has 1 atom stereocenters. The molecular formula is C11H15N3O2. The fraction of sp³-hybridized carbons (Fsp3) is 0.455. The molecule has 2 heterocycles. The number of furan rings is 1. The molecule has 0 radical (unpaired) electrons. The molecule has 5 heteroatoms. The first-order valence-electron chi connectivity index (χ1n) is 5.36. The fourth-order valence-electron chi connectivity index (χ4n) is 1.51. The van der Waals surface area contributed by atoms with E-state index in [-0.39, 0.29) is 0 Å². The average Bonchev–Trinajstić information content (AvgIpc) is 2.96. The maximum Gasteiger partial charge on any atom is 0.228 e. The van der Waals surface area contributed by atoms with Gasteiger partial charge in [-0.05, 0) is 19.5 Å². The number of aromatic nitrogens is 2. The molecule has 1 N–H and O–H groups in total. The van der Waals surface area contributed by atoms with Gasteiger partial charge >= 0.3 is 0 Å². The molecule has 1 unspecified atom stereocenters. The highest BCUT2D eigenvalue weighted by Crippen LogP contribution is 2.16. The van der Waals surface area contributed by atoms with Crippen molar-refractivity contribution < 1.29 is 8.94 Å². The number of rotatable bonds is 5. The van der Waals surface area contributed by atoms with Crippen LogP contribution in [0.15, 0.2) is 27.5 Å². The Balaban J connectivity index is 2.08. The zero-order valence-electron chi connectivity index (χ0n) is 9.43. The Morgan fingerprint density at radius 3 is 3.00 bits per heavy atom. The van der Waals surface area contributed by atoms with Gasteiger partial charge in [-0.2, -0.15) is 4.98 Å². The second kappa shape index (κ2) is 4.94. The molecule has 0 spiro atoms. The average molecular weight is 221 g/mol. The lowest BCUT2D eigenvalue weighted by Gasteiger charge is -2.09. The quantitative estimate of drug-likeness (QED) is 0.835. The first-order valence-corrected chi connectivity index (χ1v) is 5.36. The normalized spacial score (nSPS) is 12.9. The van der Waals surface area contributed by atoms with Gasteiger partial charge in [-0.25, -0.2) is 0 Å². The van der Waals surface area contributed by atoms with Gasteiger partial charge < -0.3 is 14.3 Å². The van der Waals surface area contributed by atoms with Crippen LogP contribution >= 0.6 is 0 Å². The topological polar surface area (TPSA) is 64.1 Å². The van der Waals surface area contributed by atoms with Crippen molar-refractivity contribution in [2.45, 2.75) is 25.8 Å². The largest absolute Gasteiger partial charge is 0.472 e. The van der Waals surface area contributed by atoms with Crippen molar-refractivity contribution in [3.63, 3.8) is 0 Å². The number of nitrogens with one attached hydrogen (secondary N) is 1. The van der Waals surface area contributed by atoms with E-state index in [1.165, 1.54) is 0 Å². The monoisotopic (exact) mass is 221 g/mol. The lowest BCUT2D eigenvalue weighted by molar-refractivity contribution is 0.359. The summed E-state index contributed by atoms with van der Waals surface area (Å²) in [5, 5.41) is 7.10. The van der Waals surface area contributed by atoms with Crippen LogP contribution in [0.1, 0.15) is 19.2 Å². The van der Waals surface area contributed by atoms with Gasteiger partial charge in [-0.1, -0.05) is 12.1 Å². The Kier molecular flexibility index (Phi) is 3.36. The summed E-state index contributed by atoms with van der Waals surface area (Å²) in [5.74, 6) is 1.23. The van der Waals surface area contributed by atoms with Crippen LogP contribution < -0.4 is 5.32 Å². The molecule has 0 saturated carbocycles. The molecule has 0 aliphatic heterocycles. The van der Waals surface area contributed by atoms with Crippen LogP contribution in [0.5, 0.6) is 0 Å². The standard InChI is InChI=1S/C11H15N3O2/c1-3-9(12-2)6-10-13-11(14-16-10)8-4-5-15-7-8/h4-5,7,9,12H,3,6H2,1-2H3. The maximum atomic E-state index is 5.18. The predicted molar refractivity (Wildman–Crippen MR) is 58.8 cm³/mol. The van der Waals surface area contributed by atoms with E-state index in [1.54, 1.807) is 12.5 Å². The third-order valence-corrected chi connectivity index (χ3v) is 2.57. The van der Waals surface area contributed by atoms with Crippen molar-refractivity contribution in [3.05, 3.63) is 24.5 Å². The number of hydrogen-bond acceptors (Lipinski definition) is 5. The van der Waals surface area contributed by atoms with Gasteiger partial charge in [0.1, 0.15) is 6.26 Å². The molecule has 0 bridgehead atoms. The van der Waals surface area contributed by atoms with Gasteiger partial charge in [0.25, 0.3) is 0 Å². The van der Waals surface area contributed by atoms with E-state index in [1.807, 2.05) is 13.1 Å². The highest BCUT2D eigenvalue weighted by atomic mass is 16.5. The van der Waals surface area contributed by atoms with Gasteiger partial charge in [0.2, 0.25) is 11.7 Å². The van der Waals surface area contributed by atoms with E-state index < -0.39 is 0 Å². The fourth-order valence-corrected chi connectivity index (χ4v) is 1.51. The van der Waals surface area contributed by atoms with E-state index in [0.717, 1.165) is 18.4 Å². The second-order valence-electron chi connectivity index (χ2n) is 3.62. The van der Waals surface area contributed by atoms with Crippen LogP contribution in [-0.2, 0) is 6.42 Å². The van der Waals surface area contributed by atoms with Crippen molar-refractivity contribution in [1.82, 2.24) is 15.5 Å². The molecule has 0 aliphatic carbocycles. The smallest absolute Gasteiger partial charge is 0.228 e. The summed E-state index contributed by atoms with van der Waals surface area (Å²) in [5.41, 5.74) is 0.840. The molecule has 16 heavy (non-hydrogen) atoms. The Morgan fingerprint density at radius 1 is 1.50 bits per heavy atom. The number of nitrogens with zero attached hydrogens (tertiary/aromatic N) is 2. The summed E-state index contributed by atoms with van der Waals surface area (Å²) in [6.07, 6.45) is 4.97. The highest BCUT2D eigenvalue weighted by molar-refractivity contribution is 5.51. The number of hydrogen-bond donors (Lipinski definition) is 1. The molecule has 0 amide bonds. The molecule has 2 rings (SSSR count). The Labute approximate surface area is 93.8 Å². The van der Waals surface area contributed by atoms with Gasteiger partial charge in [0, 0.05) is 12.5 Å². The number of likely N-dealkylation sites (N-methyl/N-ethyl adjacent to an activating group) is 1. The zero-order valence-corrected chi connectivity index (χ0v) is 9.43. The minimum atomic E-state index is 0.373. The molecule has 0 saturated heterocycles. The lowest BCUT2D eigenvalue weighted by atomic mass is 10.1. The van der Waals surface area contributed by atoms with Gasteiger partial charge in [0.05, 0.1) is 11.8 Å². The Bertz CT molecular complexity index is 418. The lowest BCUT2D eigenvalue weighted by Crippen LogP contribution is -2.26. The van der Waals surface area contributed by atoms with E-state index in [4.69, 9.17) is 8.94 Å². The minimum Gasteiger partial charge on any atom is -0.472 e. The molecular weight excluding hydrogens is 206 g/mol. The van der Waals surface area contributed by atoms with Crippen LogP contribution in [0, 0.1) is 0 Å². The first kappa shape index (κ1) is 10.9. The van der Waals surface area contributed by atoms with Crippen LogP contribution in [0.4, 0.5) is 0 Å². The van der Waals surface area contributed by atoms with Crippen molar-refractivity contribution in [2.75, 3.05) is 7.05 Å². The summed E-state index contributed by atoms with van der Waals surface area (Å²) < 4.78 is 10.1. The summed E-state index contributed by atoms with van der Waals surface area (Å²) >= 11 is 0. The van der Waals surface area contributed by atoms with Crippen molar-refractivity contribution in [3.8, 4) is 11.4 Å². The third kappa shape index (κ3) is 2.30. The van der Waals surface area contributed by atoms with Crippen LogP contribution in [0.2, 0.25) is 0 Å². The van der Waals surface area contributed by atoms with Crippen LogP contribution in [0.25, 0.3) is 11.4 Å². The second-order valence-corrected chi connectivity index (χ2v) is 3.62. The summed E-state index contributed by atoms with van der Waals surface area (Å²) in [7, 11) is 1.93.